The smallest absolute Gasteiger partial charge is 0.311 e. The summed E-state index contributed by atoms with van der Waals surface area (Å²) in [4.78, 5) is 34.7. The van der Waals surface area contributed by atoms with Gasteiger partial charge >= 0.3 is 11.8 Å². The number of likely N-dealkylation sites (tertiary alicyclic amines) is 1. The van der Waals surface area contributed by atoms with Crippen LogP contribution >= 0.6 is 0 Å². The second kappa shape index (κ2) is 7.65. The van der Waals surface area contributed by atoms with E-state index in [2.05, 4.69) is 10.6 Å². The van der Waals surface area contributed by atoms with E-state index in [0.717, 1.165) is 19.3 Å². The molecule has 0 aromatic carbocycles. The van der Waals surface area contributed by atoms with Gasteiger partial charge in [0.2, 0.25) is 6.41 Å². The molecule has 0 radical (unpaired) electrons. The van der Waals surface area contributed by atoms with Crippen LogP contribution in [0.2, 0.25) is 0 Å². The molecule has 0 saturated carbocycles. The highest BCUT2D eigenvalue weighted by molar-refractivity contribution is 6.35. The molecule has 0 spiro atoms. The molecule has 0 atom stereocenters. The summed E-state index contributed by atoms with van der Waals surface area (Å²) in [6, 6.07) is 0. The Bertz CT molecular complexity index is 275. The van der Waals surface area contributed by atoms with E-state index in [9.17, 15) is 14.4 Å². The van der Waals surface area contributed by atoms with Crippen molar-refractivity contribution in [2.75, 3.05) is 26.2 Å². The van der Waals surface area contributed by atoms with Crippen molar-refractivity contribution in [1.29, 1.82) is 0 Å². The van der Waals surface area contributed by atoms with Gasteiger partial charge in [0.1, 0.15) is 0 Å². The van der Waals surface area contributed by atoms with Crippen LogP contribution in [-0.2, 0) is 14.4 Å². The first-order valence-corrected chi connectivity index (χ1v) is 6.00. The molecular weight excluding hydrogens is 222 g/mol. The molecule has 6 nitrogen and oxygen atoms in total. The lowest BCUT2D eigenvalue weighted by atomic mass is 10.1. The second-order valence-electron chi connectivity index (χ2n) is 4.03. The van der Waals surface area contributed by atoms with Crippen molar-refractivity contribution in [3.63, 3.8) is 0 Å². The summed E-state index contributed by atoms with van der Waals surface area (Å²) in [6.45, 7) is 2.26. The lowest BCUT2D eigenvalue weighted by Crippen LogP contribution is -2.45. The fraction of sp³-hybridized carbons (Fsp3) is 0.727. The van der Waals surface area contributed by atoms with E-state index in [0.29, 0.717) is 39.0 Å². The van der Waals surface area contributed by atoms with Gasteiger partial charge in [-0.05, 0) is 25.7 Å². The number of carbonyl (C=O) groups is 3. The zero-order valence-electron chi connectivity index (χ0n) is 9.91. The number of hydrogen-bond donors (Lipinski definition) is 2. The molecule has 1 aliphatic rings. The first-order valence-electron chi connectivity index (χ1n) is 6.00. The first-order chi connectivity index (χ1) is 8.25. The predicted octanol–water partition coefficient (Wildman–Crippen LogP) is -0.749. The van der Waals surface area contributed by atoms with Gasteiger partial charge in [-0.25, -0.2) is 0 Å². The van der Waals surface area contributed by atoms with Crippen molar-refractivity contribution in [3.05, 3.63) is 0 Å². The van der Waals surface area contributed by atoms with E-state index in [1.54, 1.807) is 4.90 Å². The molecular formula is C11H19N3O3. The van der Waals surface area contributed by atoms with Crippen LogP contribution in [0.15, 0.2) is 0 Å². The first kappa shape index (κ1) is 13.5. The van der Waals surface area contributed by atoms with Crippen LogP contribution in [0, 0.1) is 0 Å². The number of nitrogens with zero attached hydrogens (tertiary/aromatic N) is 1. The van der Waals surface area contributed by atoms with Crippen molar-refractivity contribution in [2.24, 2.45) is 0 Å². The molecule has 3 amide bonds. The molecule has 1 saturated heterocycles. The van der Waals surface area contributed by atoms with E-state index in [1.807, 2.05) is 0 Å². The van der Waals surface area contributed by atoms with Crippen LogP contribution in [0.4, 0.5) is 0 Å². The Labute approximate surface area is 101 Å². The van der Waals surface area contributed by atoms with Gasteiger partial charge in [0.15, 0.2) is 0 Å². The zero-order valence-corrected chi connectivity index (χ0v) is 9.91. The summed E-state index contributed by atoms with van der Waals surface area (Å²) in [6.07, 6.45) is 4.31. The molecule has 0 aliphatic carbocycles. The summed E-state index contributed by atoms with van der Waals surface area (Å²) in [5, 5.41) is 5.04. The third kappa shape index (κ3) is 4.84. The summed E-state index contributed by atoms with van der Waals surface area (Å²) >= 11 is 0. The van der Waals surface area contributed by atoms with Gasteiger partial charge in [-0.1, -0.05) is 0 Å². The number of hydrogen-bond acceptors (Lipinski definition) is 3. The van der Waals surface area contributed by atoms with Crippen molar-refractivity contribution in [1.82, 2.24) is 15.5 Å². The van der Waals surface area contributed by atoms with Crippen LogP contribution in [0.3, 0.4) is 0 Å². The van der Waals surface area contributed by atoms with E-state index < -0.39 is 11.8 Å². The molecule has 1 fully saturated rings. The Kier molecular flexibility index (Phi) is 6.06. The van der Waals surface area contributed by atoms with Crippen LogP contribution in [-0.4, -0.2) is 49.3 Å². The Balaban J connectivity index is 2.17. The Hall–Kier alpha value is -1.59. The monoisotopic (exact) mass is 241 g/mol. The number of carbonyl (C=O) groups excluding carboxylic acids is 3. The number of nitrogens with one attached hydrogen (secondary N) is 2. The van der Waals surface area contributed by atoms with Gasteiger partial charge in [-0.2, -0.15) is 0 Å². The van der Waals surface area contributed by atoms with Crippen LogP contribution < -0.4 is 10.6 Å². The Morgan fingerprint density at radius 1 is 1.12 bits per heavy atom. The molecule has 1 rings (SSSR count). The molecule has 1 aliphatic heterocycles. The largest absolute Gasteiger partial charge is 0.359 e. The topological polar surface area (TPSA) is 78.5 Å². The lowest BCUT2D eigenvalue weighted by Gasteiger charge is -2.25. The number of piperidine rings is 1. The zero-order chi connectivity index (χ0) is 12.5. The standard InChI is InChI=1S/C11H19N3O3/c15-9-12-5-4-6-13-10(16)11(17)14-7-2-1-3-8-14/h9H,1-8H2,(H,12,15)(H,13,16). The minimum atomic E-state index is -0.544. The SMILES string of the molecule is O=CNCCCNC(=O)C(=O)N1CCCCC1. The maximum absolute atomic E-state index is 11.7. The summed E-state index contributed by atoms with van der Waals surface area (Å²) in [7, 11) is 0. The van der Waals surface area contributed by atoms with E-state index in [-0.39, 0.29) is 0 Å². The van der Waals surface area contributed by atoms with Gasteiger partial charge in [-0.15, -0.1) is 0 Å². The van der Waals surface area contributed by atoms with Crippen LogP contribution in [0.1, 0.15) is 25.7 Å². The maximum atomic E-state index is 11.7. The molecule has 1 heterocycles. The minimum Gasteiger partial charge on any atom is -0.359 e. The van der Waals surface area contributed by atoms with Gasteiger partial charge in [0.25, 0.3) is 0 Å². The third-order valence-electron chi connectivity index (χ3n) is 2.70. The third-order valence-corrected chi connectivity index (χ3v) is 2.70. The summed E-state index contributed by atoms with van der Waals surface area (Å²) in [5.74, 6) is -0.981. The van der Waals surface area contributed by atoms with Gasteiger partial charge in [0, 0.05) is 26.2 Å². The molecule has 96 valence electrons. The fourth-order valence-electron chi connectivity index (χ4n) is 1.77. The maximum Gasteiger partial charge on any atom is 0.311 e. The lowest BCUT2D eigenvalue weighted by molar-refractivity contribution is -0.146. The summed E-state index contributed by atoms with van der Waals surface area (Å²) in [5.41, 5.74) is 0. The van der Waals surface area contributed by atoms with Gasteiger partial charge in [0.05, 0.1) is 0 Å². The molecule has 17 heavy (non-hydrogen) atoms. The Morgan fingerprint density at radius 2 is 1.82 bits per heavy atom. The number of amides is 3. The van der Waals surface area contributed by atoms with E-state index in [1.165, 1.54) is 0 Å². The van der Waals surface area contributed by atoms with Crippen molar-refractivity contribution >= 4 is 18.2 Å². The summed E-state index contributed by atoms with van der Waals surface area (Å²) < 4.78 is 0. The second-order valence-corrected chi connectivity index (χ2v) is 4.03. The van der Waals surface area contributed by atoms with Crippen molar-refractivity contribution < 1.29 is 14.4 Å². The van der Waals surface area contributed by atoms with Crippen molar-refractivity contribution in [2.45, 2.75) is 25.7 Å². The van der Waals surface area contributed by atoms with Crippen LogP contribution in [0.5, 0.6) is 0 Å². The fourth-order valence-corrected chi connectivity index (χ4v) is 1.77. The predicted molar refractivity (Wildman–Crippen MR) is 62.1 cm³/mol. The molecule has 0 aromatic heterocycles. The van der Waals surface area contributed by atoms with E-state index in [4.69, 9.17) is 0 Å². The number of rotatable bonds is 5. The highest BCUT2D eigenvalue weighted by Gasteiger charge is 2.22. The molecule has 0 unspecified atom stereocenters. The van der Waals surface area contributed by atoms with Gasteiger partial charge in [-0.3, -0.25) is 14.4 Å². The van der Waals surface area contributed by atoms with Crippen molar-refractivity contribution in [3.8, 4) is 0 Å². The van der Waals surface area contributed by atoms with Gasteiger partial charge < -0.3 is 15.5 Å². The quantitative estimate of drug-likeness (QED) is 0.378. The highest BCUT2D eigenvalue weighted by Crippen LogP contribution is 2.08. The minimum absolute atomic E-state index is 0.402. The Morgan fingerprint density at radius 3 is 2.47 bits per heavy atom. The molecule has 6 heteroatoms. The molecule has 0 aromatic rings. The normalized spacial score (nSPS) is 15.2. The average Bonchev–Trinajstić information content (AvgIpc) is 2.38. The highest BCUT2D eigenvalue weighted by atomic mass is 16.2. The molecule has 2 N–H and O–H groups in total. The average molecular weight is 241 g/mol. The van der Waals surface area contributed by atoms with Crippen LogP contribution in [0.25, 0.3) is 0 Å². The van der Waals surface area contributed by atoms with E-state index >= 15 is 0 Å². The molecule has 0 bridgehead atoms.